The average Bonchev–Trinajstić information content (AvgIpc) is 2.79. The lowest BCUT2D eigenvalue weighted by atomic mass is 9.96. The molecule has 5 nitrogen and oxygen atoms in total. The number of urea groups is 1. The predicted octanol–water partition coefficient (Wildman–Crippen LogP) is 5.84. The van der Waals surface area contributed by atoms with Gasteiger partial charge in [0.05, 0.1) is 12.1 Å². The van der Waals surface area contributed by atoms with Gasteiger partial charge >= 0.3 is 6.03 Å². The zero-order valence-electron chi connectivity index (χ0n) is 18.7. The van der Waals surface area contributed by atoms with E-state index in [-0.39, 0.29) is 24.2 Å². The molecule has 0 spiro atoms. The second-order valence-corrected chi connectivity index (χ2v) is 9.23. The minimum absolute atomic E-state index is 0.156. The first-order chi connectivity index (χ1) is 15.4. The van der Waals surface area contributed by atoms with Crippen molar-refractivity contribution >= 4 is 28.5 Å². The first-order valence-corrected chi connectivity index (χ1v) is 11.7. The van der Waals surface area contributed by atoms with E-state index >= 15 is 0 Å². The highest BCUT2D eigenvalue weighted by Crippen LogP contribution is 2.22. The summed E-state index contributed by atoms with van der Waals surface area (Å²) in [6.45, 7) is 4.58. The number of carbonyl (C=O) groups is 1. The Morgan fingerprint density at radius 2 is 1.78 bits per heavy atom. The van der Waals surface area contributed by atoms with E-state index < -0.39 is 0 Å². The van der Waals surface area contributed by atoms with Crippen LogP contribution in [-0.2, 0) is 13.1 Å². The minimum Gasteiger partial charge on any atom is -0.335 e. The summed E-state index contributed by atoms with van der Waals surface area (Å²) in [6.07, 6.45) is 5.50. The molecule has 1 aliphatic carbocycles. The van der Waals surface area contributed by atoms with Crippen molar-refractivity contribution < 1.29 is 4.79 Å². The fourth-order valence-electron chi connectivity index (χ4n) is 4.44. The van der Waals surface area contributed by atoms with Gasteiger partial charge < -0.3 is 15.2 Å². The summed E-state index contributed by atoms with van der Waals surface area (Å²) >= 11 is 6.38. The molecule has 0 atom stereocenters. The van der Waals surface area contributed by atoms with E-state index in [0.29, 0.717) is 17.1 Å². The number of rotatable bonds is 5. The standard InChI is InChI=1S/C26H30ClN3O2/c1-17-12-13-19-14-21(25(31)29-24(19)18(17)2)16-30(15-20-8-6-7-11-23(20)27)26(32)28-22-9-4-3-5-10-22/h6-8,11-14,22H,3-5,9-10,15-16H2,1-2H3,(H,28,32)(H,29,31). The van der Waals surface area contributed by atoms with Gasteiger partial charge in [-0.05, 0) is 60.9 Å². The van der Waals surface area contributed by atoms with Gasteiger partial charge in [0.1, 0.15) is 0 Å². The van der Waals surface area contributed by atoms with Crippen LogP contribution in [0.5, 0.6) is 0 Å². The largest absolute Gasteiger partial charge is 0.335 e. The van der Waals surface area contributed by atoms with Crippen LogP contribution in [0.25, 0.3) is 10.9 Å². The van der Waals surface area contributed by atoms with E-state index in [4.69, 9.17) is 11.6 Å². The maximum atomic E-state index is 13.3. The number of H-pyrrole nitrogens is 1. The number of nitrogens with zero attached hydrogens (tertiary/aromatic N) is 1. The second-order valence-electron chi connectivity index (χ2n) is 8.83. The number of hydrogen-bond donors (Lipinski definition) is 2. The molecule has 0 radical (unpaired) electrons. The molecule has 1 fully saturated rings. The van der Waals surface area contributed by atoms with Crippen LogP contribution in [0, 0.1) is 13.8 Å². The second kappa shape index (κ2) is 9.78. The first-order valence-electron chi connectivity index (χ1n) is 11.3. The number of nitrogens with one attached hydrogen (secondary N) is 2. The fourth-order valence-corrected chi connectivity index (χ4v) is 4.63. The highest BCUT2D eigenvalue weighted by molar-refractivity contribution is 6.31. The Balaban J connectivity index is 1.64. The van der Waals surface area contributed by atoms with Gasteiger partial charge in [-0.15, -0.1) is 0 Å². The molecule has 1 aliphatic rings. The number of carbonyl (C=O) groups excluding carboxylic acids is 1. The van der Waals surface area contributed by atoms with Crippen LogP contribution in [-0.4, -0.2) is 22.0 Å². The summed E-state index contributed by atoms with van der Waals surface area (Å²) in [5.41, 5.74) is 4.30. The van der Waals surface area contributed by atoms with Crippen LogP contribution in [0.4, 0.5) is 4.79 Å². The normalized spacial score (nSPS) is 14.5. The Labute approximate surface area is 193 Å². The molecule has 2 amide bonds. The van der Waals surface area contributed by atoms with Crippen LogP contribution in [0.15, 0.2) is 47.3 Å². The van der Waals surface area contributed by atoms with Crippen LogP contribution >= 0.6 is 11.6 Å². The number of aromatic amines is 1. The van der Waals surface area contributed by atoms with E-state index in [1.54, 1.807) is 4.90 Å². The van der Waals surface area contributed by atoms with Gasteiger partial charge in [0.15, 0.2) is 0 Å². The van der Waals surface area contributed by atoms with Gasteiger partial charge in [0.25, 0.3) is 5.56 Å². The minimum atomic E-state index is -0.166. The number of hydrogen-bond acceptors (Lipinski definition) is 2. The van der Waals surface area contributed by atoms with Gasteiger partial charge in [0, 0.05) is 23.2 Å². The lowest BCUT2D eigenvalue weighted by molar-refractivity contribution is 0.184. The third kappa shape index (κ3) is 4.99. The summed E-state index contributed by atoms with van der Waals surface area (Å²) in [5, 5.41) is 4.76. The zero-order valence-corrected chi connectivity index (χ0v) is 19.5. The Morgan fingerprint density at radius 3 is 2.53 bits per heavy atom. The van der Waals surface area contributed by atoms with Gasteiger partial charge in [-0.3, -0.25) is 4.79 Å². The number of aromatic nitrogens is 1. The summed E-state index contributed by atoms with van der Waals surface area (Å²) in [4.78, 5) is 30.9. The maximum absolute atomic E-state index is 13.3. The Hall–Kier alpha value is -2.79. The van der Waals surface area contributed by atoms with E-state index in [2.05, 4.69) is 16.4 Å². The molecule has 2 N–H and O–H groups in total. The number of pyridine rings is 1. The molecule has 1 saturated carbocycles. The number of halogens is 1. The topological polar surface area (TPSA) is 65.2 Å². The average molecular weight is 452 g/mol. The van der Waals surface area contributed by atoms with Crippen LogP contribution in [0.3, 0.4) is 0 Å². The lowest BCUT2D eigenvalue weighted by Gasteiger charge is -2.28. The van der Waals surface area contributed by atoms with Gasteiger partial charge in [-0.1, -0.05) is 61.2 Å². The van der Waals surface area contributed by atoms with Crippen molar-refractivity contribution in [2.45, 2.75) is 65.1 Å². The molecule has 6 heteroatoms. The number of benzene rings is 2. The van der Waals surface area contributed by atoms with Crippen LogP contribution in [0.2, 0.25) is 5.02 Å². The smallest absolute Gasteiger partial charge is 0.318 e. The highest BCUT2D eigenvalue weighted by Gasteiger charge is 2.22. The Bertz CT molecular complexity index is 1180. The van der Waals surface area contributed by atoms with E-state index in [1.165, 1.54) is 6.42 Å². The van der Waals surface area contributed by atoms with Crippen molar-refractivity contribution in [3.63, 3.8) is 0 Å². The fraction of sp³-hybridized carbons (Fsp3) is 0.385. The summed E-state index contributed by atoms with van der Waals surface area (Å²) in [7, 11) is 0. The SMILES string of the molecule is Cc1ccc2cc(CN(Cc3ccccc3Cl)C(=O)NC3CCCCC3)c(=O)[nH]c2c1C. The van der Waals surface area contributed by atoms with Crippen LogP contribution < -0.4 is 10.9 Å². The molecule has 168 valence electrons. The molecular weight excluding hydrogens is 422 g/mol. The highest BCUT2D eigenvalue weighted by atomic mass is 35.5. The number of fused-ring (bicyclic) bond motifs is 1. The molecule has 0 aliphatic heterocycles. The lowest BCUT2D eigenvalue weighted by Crippen LogP contribution is -2.45. The van der Waals surface area contributed by atoms with Gasteiger partial charge in [0.2, 0.25) is 0 Å². The van der Waals surface area contributed by atoms with Crippen molar-refractivity contribution in [1.29, 1.82) is 0 Å². The number of amides is 2. The van der Waals surface area contributed by atoms with Gasteiger partial charge in [-0.25, -0.2) is 4.79 Å². The molecule has 4 rings (SSSR count). The molecule has 0 saturated heterocycles. The Kier molecular flexibility index (Phi) is 6.85. The quantitative estimate of drug-likeness (QED) is 0.511. The van der Waals surface area contributed by atoms with Crippen molar-refractivity contribution in [3.8, 4) is 0 Å². The zero-order chi connectivity index (χ0) is 22.7. The van der Waals surface area contributed by atoms with Gasteiger partial charge in [-0.2, -0.15) is 0 Å². The summed E-state index contributed by atoms with van der Waals surface area (Å²) < 4.78 is 0. The van der Waals surface area contributed by atoms with Crippen LogP contribution in [0.1, 0.15) is 54.4 Å². The van der Waals surface area contributed by atoms with Crippen molar-refractivity contribution in [2.75, 3.05) is 0 Å². The molecule has 1 aromatic heterocycles. The molecule has 1 heterocycles. The summed E-state index contributed by atoms with van der Waals surface area (Å²) in [5.74, 6) is 0. The first kappa shape index (κ1) is 22.4. The third-order valence-corrected chi connectivity index (χ3v) is 6.90. The van der Waals surface area contributed by atoms with Crippen molar-refractivity contribution in [1.82, 2.24) is 15.2 Å². The Morgan fingerprint density at radius 1 is 1.06 bits per heavy atom. The molecule has 3 aromatic rings. The monoisotopic (exact) mass is 451 g/mol. The van der Waals surface area contributed by atoms with Crippen molar-refractivity contribution in [2.24, 2.45) is 0 Å². The molecule has 0 bridgehead atoms. The predicted molar refractivity (Wildman–Crippen MR) is 130 cm³/mol. The molecule has 0 unspecified atom stereocenters. The van der Waals surface area contributed by atoms with E-state index in [9.17, 15) is 9.59 Å². The molecular formula is C26H30ClN3O2. The molecule has 32 heavy (non-hydrogen) atoms. The van der Waals surface area contributed by atoms with E-state index in [0.717, 1.165) is 53.3 Å². The third-order valence-electron chi connectivity index (χ3n) is 6.53. The molecule has 2 aromatic carbocycles. The van der Waals surface area contributed by atoms with E-state index in [1.807, 2.05) is 50.2 Å². The summed E-state index contributed by atoms with van der Waals surface area (Å²) in [6, 6.07) is 13.5. The maximum Gasteiger partial charge on any atom is 0.318 e. The van der Waals surface area contributed by atoms with Crippen molar-refractivity contribution in [3.05, 3.63) is 80.1 Å². The number of aryl methyl sites for hydroxylation is 2.